The summed E-state index contributed by atoms with van der Waals surface area (Å²) in [5.74, 6) is -0.620. The maximum absolute atomic E-state index is 12.5. The number of carbonyl (C=O) groups excluding carboxylic acids is 1. The van der Waals surface area contributed by atoms with Crippen LogP contribution in [0.3, 0.4) is 0 Å². The highest BCUT2D eigenvalue weighted by Gasteiger charge is 2.25. The fourth-order valence-electron chi connectivity index (χ4n) is 1.86. The first-order valence-corrected chi connectivity index (χ1v) is 9.49. The molecule has 0 fully saturated rings. The quantitative estimate of drug-likeness (QED) is 0.766. The number of thiophene rings is 1. The summed E-state index contributed by atoms with van der Waals surface area (Å²) in [5, 5.41) is 6.23. The average molecular weight is 357 g/mol. The van der Waals surface area contributed by atoms with E-state index >= 15 is 0 Å². The molecule has 0 aliphatic heterocycles. The maximum atomic E-state index is 12.5. The molecule has 1 N–H and O–H groups in total. The molecule has 0 aromatic carbocycles. The second kappa shape index (κ2) is 7.24. The van der Waals surface area contributed by atoms with Gasteiger partial charge in [-0.2, -0.15) is 9.82 Å². The van der Waals surface area contributed by atoms with Gasteiger partial charge >= 0.3 is 5.97 Å². The van der Waals surface area contributed by atoms with E-state index in [1.807, 2.05) is 31.4 Å². The van der Waals surface area contributed by atoms with Gasteiger partial charge in [0, 0.05) is 12.2 Å². The third kappa shape index (κ3) is 4.18. The Morgan fingerprint density at radius 3 is 2.78 bits per heavy atom. The van der Waals surface area contributed by atoms with Crippen LogP contribution in [0, 0.1) is 0 Å². The number of sulfonamides is 1. The Bertz CT molecular complexity index is 764. The zero-order valence-electron chi connectivity index (χ0n) is 13.1. The van der Waals surface area contributed by atoms with Gasteiger partial charge in [-0.05, 0) is 32.2 Å². The molecule has 0 saturated carbocycles. The van der Waals surface area contributed by atoms with E-state index in [0.29, 0.717) is 5.69 Å². The summed E-state index contributed by atoms with van der Waals surface area (Å²) in [7, 11) is -3.87. The van der Waals surface area contributed by atoms with Crippen molar-refractivity contribution in [3.63, 3.8) is 0 Å². The number of aromatic nitrogens is 2. The van der Waals surface area contributed by atoms with Crippen molar-refractivity contribution in [3.05, 3.63) is 23.7 Å². The molecule has 2 rings (SSSR count). The van der Waals surface area contributed by atoms with Gasteiger partial charge in [-0.25, -0.2) is 8.42 Å². The Balaban J connectivity index is 2.35. The van der Waals surface area contributed by atoms with Crippen molar-refractivity contribution < 1.29 is 17.9 Å². The summed E-state index contributed by atoms with van der Waals surface area (Å²) in [6.07, 6.45) is 1.48. The largest absolute Gasteiger partial charge is 0.465 e. The van der Waals surface area contributed by atoms with Crippen LogP contribution in [0.25, 0.3) is 10.6 Å². The van der Waals surface area contributed by atoms with Crippen molar-refractivity contribution in [2.45, 2.75) is 31.7 Å². The van der Waals surface area contributed by atoms with Crippen LogP contribution < -0.4 is 4.72 Å². The predicted molar refractivity (Wildman–Crippen MR) is 87.7 cm³/mol. The van der Waals surface area contributed by atoms with Gasteiger partial charge in [0.05, 0.1) is 11.5 Å². The standard InChI is InChI=1S/C14H19N3O4S2/c1-4-21-13(18)8-15-23(19,20)12-9-17(10(2)3)16-14(12)11-6-5-7-22-11/h5-7,9-10,15H,4,8H2,1-3H3. The number of nitrogens with one attached hydrogen (secondary N) is 1. The number of hydrogen-bond donors (Lipinski definition) is 1. The number of carbonyl (C=O) groups is 1. The van der Waals surface area contributed by atoms with Crippen LogP contribution in [0.2, 0.25) is 0 Å². The van der Waals surface area contributed by atoms with Crippen molar-refractivity contribution in [2.75, 3.05) is 13.2 Å². The molecule has 23 heavy (non-hydrogen) atoms. The molecule has 7 nitrogen and oxygen atoms in total. The number of ether oxygens (including phenoxy) is 1. The van der Waals surface area contributed by atoms with Gasteiger partial charge in [0.25, 0.3) is 0 Å². The van der Waals surface area contributed by atoms with Gasteiger partial charge in [-0.15, -0.1) is 11.3 Å². The third-order valence-corrected chi connectivity index (χ3v) is 5.26. The van der Waals surface area contributed by atoms with Crippen LogP contribution in [0.5, 0.6) is 0 Å². The fraction of sp³-hybridized carbons (Fsp3) is 0.429. The number of esters is 1. The first-order valence-electron chi connectivity index (χ1n) is 7.13. The maximum Gasteiger partial charge on any atom is 0.321 e. The van der Waals surface area contributed by atoms with E-state index in [4.69, 9.17) is 4.74 Å². The zero-order valence-corrected chi connectivity index (χ0v) is 14.8. The van der Waals surface area contributed by atoms with Crippen LogP contribution in [-0.4, -0.2) is 37.3 Å². The van der Waals surface area contributed by atoms with Crippen LogP contribution >= 0.6 is 11.3 Å². The van der Waals surface area contributed by atoms with E-state index < -0.39 is 22.5 Å². The smallest absolute Gasteiger partial charge is 0.321 e. The third-order valence-electron chi connectivity index (χ3n) is 2.98. The van der Waals surface area contributed by atoms with Crippen molar-refractivity contribution in [1.29, 1.82) is 0 Å². The van der Waals surface area contributed by atoms with Crippen molar-refractivity contribution in [3.8, 4) is 10.6 Å². The minimum Gasteiger partial charge on any atom is -0.465 e. The highest BCUT2D eigenvalue weighted by atomic mass is 32.2. The van der Waals surface area contributed by atoms with Crippen molar-refractivity contribution in [1.82, 2.24) is 14.5 Å². The van der Waals surface area contributed by atoms with Crippen LogP contribution in [0.15, 0.2) is 28.6 Å². The molecule has 0 saturated heterocycles. The number of nitrogens with zero attached hydrogens (tertiary/aromatic N) is 2. The van der Waals surface area contributed by atoms with Gasteiger partial charge in [0.15, 0.2) is 0 Å². The fourth-order valence-corrected chi connectivity index (χ4v) is 3.77. The summed E-state index contributed by atoms with van der Waals surface area (Å²) in [4.78, 5) is 12.2. The molecule has 0 amide bonds. The Kier molecular flexibility index (Phi) is 5.55. The van der Waals surface area contributed by atoms with E-state index in [1.165, 1.54) is 17.5 Å². The molecule has 9 heteroatoms. The topological polar surface area (TPSA) is 90.3 Å². The normalized spacial score (nSPS) is 11.8. The SMILES string of the molecule is CCOC(=O)CNS(=O)(=O)c1cn(C(C)C)nc1-c1cccs1. The van der Waals surface area contributed by atoms with E-state index in [0.717, 1.165) is 4.88 Å². The zero-order chi connectivity index (χ0) is 17.0. The second-order valence-corrected chi connectivity index (χ2v) is 7.71. The Morgan fingerprint density at radius 1 is 1.48 bits per heavy atom. The van der Waals surface area contributed by atoms with Gasteiger partial charge < -0.3 is 4.74 Å². The predicted octanol–water partition coefficient (Wildman–Crippen LogP) is 2.03. The molecule has 0 aliphatic carbocycles. The van der Waals surface area contributed by atoms with Crippen LogP contribution in [0.1, 0.15) is 26.8 Å². The molecule has 0 radical (unpaired) electrons. The first-order chi connectivity index (χ1) is 10.8. The van der Waals surface area contributed by atoms with Crippen LogP contribution in [-0.2, 0) is 19.6 Å². The van der Waals surface area contributed by atoms with E-state index in [1.54, 1.807) is 11.6 Å². The minimum absolute atomic E-state index is 0.0164. The molecule has 0 unspecified atom stereocenters. The number of hydrogen-bond acceptors (Lipinski definition) is 6. The lowest BCUT2D eigenvalue weighted by Gasteiger charge is -2.06. The summed E-state index contributed by atoms with van der Waals surface area (Å²) >= 11 is 1.40. The highest BCUT2D eigenvalue weighted by molar-refractivity contribution is 7.89. The summed E-state index contributed by atoms with van der Waals surface area (Å²) < 4.78 is 33.6. The summed E-state index contributed by atoms with van der Waals surface area (Å²) in [5.41, 5.74) is 0.380. The van der Waals surface area contributed by atoms with Crippen molar-refractivity contribution in [2.24, 2.45) is 0 Å². The molecule has 2 aromatic rings. The van der Waals surface area contributed by atoms with E-state index in [9.17, 15) is 13.2 Å². The average Bonchev–Trinajstić information content (AvgIpc) is 3.14. The molecule has 126 valence electrons. The Morgan fingerprint density at radius 2 is 2.22 bits per heavy atom. The molecule has 2 heterocycles. The van der Waals surface area contributed by atoms with Crippen LogP contribution in [0.4, 0.5) is 0 Å². The molecule has 0 aliphatic rings. The van der Waals surface area contributed by atoms with E-state index in [2.05, 4.69) is 9.82 Å². The monoisotopic (exact) mass is 357 g/mol. The molecular weight excluding hydrogens is 338 g/mol. The van der Waals surface area contributed by atoms with Gasteiger partial charge in [0.2, 0.25) is 10.0 Å². The lowest BCUT2D eigenvalue weighted by molar-refractivity contribution is -0.141. The summed E-state index contributed by atoms with van der Waals surface area (Å²) in [6.45, 7) is 5.27. The summed E-state index contributed by atoms with van der Waals surface area (Å²) in [6, 6.07) is 3.65. The molecule has 0 atom stereocenters. The lowest BCUT2D eigenvalue weighted by Crippen LogP contribution is -2.30. The first kappa shape index (κ1) is 17.6. The second-order valence-electron chi connectivity index (χ2n) is 5.02. The Hall–Kier alpha value is -1.71. The van der Waals surface area contributed by atoms with Crippen molar-refractivity contribution >= 4 is 27.3 Å². The number of rotatable bonds is 7. The molecular formula is C14H19N3O4S2. The van der Waals surface area contributed by atoms with E-state index in [-0.39, 0.29) is 17.5 Å². The highest BCUT2D eigenvalue weighted by Crippen LogP contribution is 2.30. The van der Waals surface area contributed by atoms with Gasteiger partial charge in [-0.3, -0.25) is 9.48 Å². The van der Waals surface area contributed by atoms with Gasteiger partial charge in [-0.1, -0.05) is 6.07 Å². The Labute approximate surface area is 139 Å². The molecule has 0 spiro atoms. The molecule has 2 aromatic heterocycles. The lowest BCUT2D eigenvalue weighted by atomic mass is 10.3. The minimum atomic E-state index is -3.87. The molecule has 0 bridgehead atoms. The van der Waals surface area contributed by atoms with Gasteiger partial charge in [0.1, 0.15) is 17.1 Å².